The summed E-state index contributed by atoms with van der Waals surface area (Å²) in [5.74, 6) is 2.58. The second-order valence-corrected chi connectivity index (χ2v) is 7.73. The van der Waals surface area contributed by atoms with E-state index >= 15 is 0 Å². The van der Waals surface area contributed by atoms with E-state index in [1.165, 1.54) is 30.7 Å². The van der Waals surface area contributed by atoms with Crippen LogP contribution < -0.4 is 0 Å². The molecule has 2 rings (SSSR count). The van der Waals surface area contributed by atoms with Crippen LogP contribution in [0.25, 0.3) is 0 Å². The molecule has 116 valence electrons. The second-order valence-electron chi connectivity index (χ2n) is 6.42. The molecule has 0 aliphatic heterocycles. The van der Waals surface area contributed by atoms with Gasteiger partial charge >= 0.3 is 0 Å². The van der Waals surface area contributed by atoms with Gasteiger partial charge in [0.1, 0.15) is 0 Å². The van der Waals surface area contributed by atoms with Crippen LogP contribution in [0.2, 0.25) is 5.02 Å². The van der Waals surface area contributed by atoms with Crippen molar-refractivity contribution in [1.82, 2.24) is 0 Å². The van der Waals surface area contributed by atoms with E-state index in [2.05, 4.69) is 20.1 Å². The van der Waals surface area contributed by atoms with Gasteiger partial charge < -0.3 is 0 Å². The molecule has 0 saturated heterocycles. The van der Waals surface area contributed by atoms with Crippen LogP contribution in [0.3, 0.4) is 0 Å². The fourth-order valence-corrected chi connectivity index (χ4v) is 3.95. The standard InChI is InChI=1S/C18H26ClNS/c1-13(2)15-9-7-14(8-10-15)11-18(21-3)20-17-6-4-5-16(19)12-17/h4-6,12-15H,7-11H2,1-3H3. The van der Waals surface area contributed by atoms with Crippen LogP contribution in [0.4, 0.5) is 5.69 Å². The molecule has 1 aromatic rings. The van der Waals surface area contributed by atoms with Crippen LogP contribution in [0, 0.1) is 17.8 Å². The summed E-state index contributed by atoms with van der Waals surface area (Å²) in [7, 11) is 0. The molecule has 1 aromatic carbocycles. The molecule has 0 unspecified atom stereocenters. The molecule has 1 aliphatic carbocycles. The summed E-state index contributed by atoms with van der Waals surface area (Å²) in [6, 6.07) is 7.82. The smallest absolute Gasteiger partial charge is 0.0738 e. The Kier molecular flexibility index (Phi) is 6.63. The van der Waals surface area contributed by atoms with E-state index in [0.717, 1.165) is 34.9 Å². The summed E-state index contributed by atoms with van der Waals surface area (Å²) in [5, 5.41) is 2.00. The van der Waals surface area contributed by atoms with E-state index in [9.17, 15) is 0 Å². The minimum absolute atomic E-state index is 0.758. The van der Waals surface area contributed by atoms with Gasteiger partial charge in [-0.1, -0.05) is 31.5 Å². The molecule has 0 bridgehead atoms. The van der Waals surface area contributed by atoms with Gasteiger partial charge in [-0.15, -0.1) is 11.8 Å². The van der Waals surface area contributed by atoms with E-state index in [1.807, 2.05) is 24.3 Å². The predicted octanol–water partition coefficient (Wildman–Crippen LogP) is 6.59. The van der Waals surface area contributed by atoms with E-state index < -0.39 is 0 Å². The first-order valence-corrected chi connectivity index (χ1v) is 9.56. The number of thioether (sulfide) groups is 1. The fourth-order valence-electron chi connectivity index (χ4n) is 3.17. The molecule has 0 heterocycles. The molecule has 1 saturated carbocycles. The SMILES string of the molecule is CSC(CC1CCC(C(C)C)CC1)=Nc1cccc(Cl)c1. The van der Waals surface area contributed by atoms with Gasteiger partial charge in [-0.25, -0.2) is 4.99 Å². The lowest BCUT2D eigenvalue weighted by molar-refractivity contribution is 0.228. The zero-order valence-corrected chi connectivity index (χ0v) is 14.9. The summed E-state index contributed by atoms with van der Waals surface area (Å²) < 4.78 is 0. The highest BCUT2D eigenvalue weighted by Gasteiger charge is 2.24. The Labute approximate surface area is 138 Å². The number of rotatable bonds is 4. The molecule has 1 fully saturated rings. The van der Waals surface area contributed by atoms with E-state index in [0.29, 0.717) is 0 Å². The van der Waals surface area contributed by atoms with Crippen LogP contribution in [0.5, 0.6) is 0 Å². The van der Waals surface area contributed by atoms with Crippen LogP contribution in [-0.2, 0) is 0 Å². The lowest BCUT2D eigenvalue weighted by Gasteiger charge is -2.30. The van der Waals surface area contributed by atoms with Crippen LogP contribution in [-0.4, -0.2) is 11.3 Å². The van der Waals surface area contributed by atoms with Crippen LogP contribution in [0.15, 0.2) is 29.3 Å². The van der Waals surface area contributed by atoms with Crippen molar-refractivity contribution in [3.63, 3.8) is 0 Å². The molecule has 0 N–H and O–H groups in total. The van der Waals surface area contributed by atoms with Gasteiger partial charge in [-0.3, -0.25) is 0 Å². The maximum Gasteiger partial charge on any atom is 0.0738 e. The summed E-state index contributed by atoms with van der Waals surface area (Å²) >= 11 is 7.81. The van der Waals surface area contributed by atoms with Gasteiger partial charge in [-0.2, -0.15) is 0 Å². The van der Waals surface area contributed by atoms with Crippen molar-refractivity contribution >= 4 is 34.1 Å². The summed E-state index contributed by atoms with van der Waals surface area (Å²) in [6.07, 6.45) is 8.75. The van der Waals surface area contributed by atoms with Gasteiger partial charge in [-0.05, 0) is 74.3 Å². The van der Waals surface area contributed by atoms with Crippen molar-refractivity contribution in [2.75, 3.05) is 6.26 Å². The average molecular weight is 324 g/mol. The molecule has 1 nitrogen and oxygen atoms in total. The normalized spacial score (nSPS) is 23.6. The van der Waals surface area contributed by atoms with E-state index in [-0.39, 0.29) is 0 Å². The molecule has 0 atom stereocenters. The molecule has 0 amide bonds. The Balaban J connectivity index is 1.94. The molecular formula is C18H26ClNS. The van der Waals surface area contributed by atoms with Crippen molar-refractivity contribution in [3.05, 3.63) is 29.3 Å². The summed E-state index contributed by atoms with van der Waals surface area (Å²) in [6.45, 7) is 4.72. The van der Waals surface area contributed by atoms with Crippen LogP contribution >= 0.6 is 23.4 Å². The zero-order chi connectivity index (χ0) is 15.2. The Morgan fingerprint density at radius 2 is 2.00 bits per heavy atom. The highest BCUT2D eigenvalue weighted by molar-refractivity contribution is 8.13. The third-order valence-corrected chi connectivity index (χ3v) is 5.56. The lowest BCUT2D eigenvalue weighted by Crippen LogP contribution is -2.19. The Hall–Kier alpha value is -0.470. The third kappa shape index (κ3) is 5.34. The first-order chi connectivity index (χ1) is 10.1. The van der Waals surface area contributed by atoms with E-state index in [1.54, 1.807) is 11.8 Å². The number of nitrogens with zero attached hydrogens (tertiary/aromatic N) is 1. The fraction of sp³-hybridized carbons (Fsp3) is 0.611. The zero-order valence-electron chi connectivity index (χ0n) is 13.3. The Morgan fingerprint density at radius 1 is 1.29 bits per heavy atom. The van der Waals surface area contributed by atoms with Crippen molar-refractivity contribution in [1.29, 1.82) is 0 Å². The summed E-state index contributed by atoms with van der Waals surface area (Å²) in [5.41, 5.74) is 0.975. The van der Waals surface area contributed by atoms with Crippen molar-refractivity contribution in [2.45, 2.75) is 46.0 Å². The highest BCUT2D eigenvalue weighted by Crippen LogP contribution is 2.36. The van der Waals surface area contributed by atoms with Gasteiger partial charge in [0.25, 0.3) is 0 Å². The second kappa shape index (κ2) is 8.24. The monoisotopic (exact) mass is 323 g/mol. The first-order valence-electron chi connectivity index (χ1n) is 7.95. The maximum atomic E-state index is 6.03. The molecule has 1 aliphatic rings. The van der Waals surface area contributed by atoms with Crippen molar-refractivity contribution in [3.8, 4) is 0 Å². The number of aliphatic imine (C=N–C) groups is 1. The van der Waals surface area contributed by atoms with Crippen LogP contribution in [0.1, 0.15) is 46.0 Å². The van der Waals surface area contributed by atoms with Gasteiger partial charge in [0.2, 0.25) is 0 Å². The number of halogens is 1. The van der Waals surface area contributed by atoms with Crippen molar-refractivity contribution < 1.29 is 0 Å². The molecule has 0 radical (unpaired) electrons. The van der Waals surface area contributed by atoms with Gasteiger partial charge in [0.15, 0.2) is 0 Å². The third-order valence-electron chi connectivity index (χ3n) is 4.60. The number of benzene rings is 1. The topological polar surface area (TPSA) is 12.4 Å². The minimum Gasteiger partial charge on any atom is -0.247 e. The number of hydrogen-bond donors (Lipinski definition) is 0. The summed E-state index contributed by atoms with van der Waals surface area (Å²) in [4.78, 5) is 4.78. The predicted molar refractivity (Wildman–Crippen MR) is 97.0 cm³/mol. The first kappa shape index (κ1) is 16.9. The van der Waals surface area contributed by atoms with E-state index in [4.69, 9.17) is 16.6 Å². The highest BCUT2D eigenvalue weighted by atomic mass is 35.5. The van der Waals surface area contributed by atoms with Gasteiger partial charge in [0, 0.05) is 5.02 Å². The average Bonchev–Trinajstić information content (AvgIpc) is 2.47. The Bertz CT molecular complexity index is 476. The lowest BCUT2D eigenvalue weighted by atomic mass is 9.76. The molecule has 0 spiro atoms. The number of hydrogen-bond acceptors (Lipinski definition) is 2. The quantitative estimate of drug-likeness (QED) is 0.450. The Morgan fingerprint density at radius 3 is 2.57 bits per heavy atom. The molecular weight excluding hydrogens is 298 g/mol. The van der Waals surface area contributed by atoms with Crippen molar-refractivity contribution in [2.24, 2.45) is 22.7 Å². The largest absolute Gasteiger partial charge is 0.247 e. The van der Waals surface area contributed by atoms with Gasteiger partial charge in [0.05, 0.1) is 10.7 Å². The molecule has 21 heavy (non-hydrogen) atoms. The maximum absolute atomic E-state index is 6.03. The minimum atomic E-state index is 0.758. The molecule has 3 heteroatoms. The molecule has 0 aromatic heterocycles.